The molecule has 0 aliphatic heterocycles. The minimum atomic E-state index is -0.356. The summed E-state index contributed by atoms with van der Waals surface area (Å²) >= 11 is 5.94. The summed E-state index contributed by atoms with van der Waals surface area (Å²) in [5.41, 5.74) is 1.90. The summed E-state index contributed by atoms with van der Waals surface area (Å²) in [5.74, 6) is 0.227. The molecule has 118 valence electrons. The number of hydrogen-bond donors (Lipinski definition) is 1. The molecule has 2 heterocycles. The second-order valence-corrected chi connectivity index (χ2v) is 5.51. The minimum Gasteiger partial charge on any atom is -0.451 e. The van der Waals surface area contributed by atoms with Crippen LogP contribution < -0.4 is 5.32 Å². The van der Waals surface area contributed by atoms with Gasteiger partial charge in [0.05, 0.1) is 0 Å². The molecule has 1 N–H and O–H groups in total. The summed E-state index contributed by atoms with van der Waals surface area (Å²) in [6.07, 6.45) is 1.25. The van der Waals surface area contributed by atoms with E-state index in [1.807, 2.05) is 6.07 Å². The van der Waals surface area contributed by atoms with Crippen LogP contribution in [0, 0.1) is 0 Å². The Balaban J connectivity index is 1.60. The first-order valence-corrected chi connectivity index (χ1v) is 7.44. The SMILES string of the molecule is O=C(Nc1cccc(-c2nnco2)c1)c1cc2cc(Cl)ccc2o1. The van der Waals surface area contributed by atoms with Crippen molar-refractivity contribution in [2.45, 2.75) is 0 Å². The normalized spacial score (nSPS) is 10.9. The average molecular weight is 340 g/mol. The first kappa shape index (κ1) is 14.5. The zero-order valence-corrected chi connectivity index (χ0v) is 12.9. The van der Waals surface area contributed by atoms with E-state index in [0.717, 1.165) is 5.39 Å². The number of amides is 1. The number of hydrogen-bond acceptors (Lipinski definition) is 5. The highest BCUT2D eigenvalue weighted by Gasteiger charge is 2.13. The topological polar surface area (TPSA) is 81.2 Å². The number of fused-ring (bicyclic) bond motifs is 1. The molecule has 0 aliphatic rings. The van der Waals surface area contributed by atoms with Crippen LogP contribution in [0.4, 0.5) is 5.69 Å². The highest BCUT2D eigenvalue weighted by Crippen LogP contribution is 2.25. The molecule has 4 aromatic rings. The molecule has 0 atom stereocenters. The number of aromatic nitrogens is 2. The quantitative estimate of drug-likeness (QED) is 0.598. The van der Waals surface area contributed by atoms with Gasteiger partial charge in [0.1, 0.15) is 5.58 Å². The molecule has 7 heteroatoms. The van der Waals surface area contributed by atoms with Gasteiger partial charge in [-0.1, -0.05) is 17.7 Å². The molecule has 0 bridgehead atoms. The van der Waals surface area contributed by atoms with Crippen LogP contribution in [0.3, 0.4) is 0 Å². The van der Waals surface area contributed by atoms with Gasteiger partial charge in [-0.05, 0) is 42.5 Å². The molecule has 6 nitrogen and oxygen atoms in total. The van der Waals surface area contributed by atoms with Crippen LogP contribution in [0.1, 0.15) is 10.6 Å². The Morgan fingerprint density at radius 3 is 2.88 bits per heavy atom. The van der Waals surface area contributed by atoms with Crippen LogP contribution in [0.15, 0.2) is 63.8 Å². The fourth-order valence-corrected chi connectivity index (χ4v) is 2.53. The molecular weight excluding hydrogens is 330 g/mol. The molecule has 24 heavy (non-hydrogen) atoms. The molecule has 0 saturated heterocycles. The lowest BCUT2D eigenvalue weighted by atomic mass is 10.2. The van der Waals surface area contributed by atoms with Gasteiger partial charge in [0.25, 0.3) is 5.91 Å². The van der Waals surface area contributed by atoms with Crippen molar-refractivity contribution in [3.63, 3.8) is 0 Å². The third kappa shape index (κ3) is 2.75. The maximum absolute atomic E-state index is 12.4. The second-order valence-electron chi connectivity index (χ2n) is 5.07. The monoisotopic (exact) mass is 339 g/mol. The molecule has 2 aromatic carbocycles. The molecule has 0 fully saturated rings. The molecule has 2 aromatic heterocycles. The number of benzene rings is 2. The van der Waals surface area contributed by atoms with Gasteiger partial charge in [0.2, 0.25) is 12.3 Å². The van der Waals surface area contributed by atoms with Crippen LogP contribution >= 0.6 is 11.6 Å². The summed E-state index contributed by atoms with van der Waals surface area (Å²) in [4.78, 5) is 12.4. The van der Waals surface area contributed by atoms with Gasteiger partial charge in [0, 0.05) is 21.7 Å². The van der Waals surface area contributed by atoms with Crippen molar-refractivity contribution in [1.82, 2.24) is 10.2 Å². The van der Waals surface area contributed by atoms with Gasteiger partial charge >= 0.3 is 0 Å². The van der Waals surface area contributed by atoms with Gasteiger partial charge in [0.15, 0.2) is 5.76 Å². The van der Waals surface area contributed by atoms with Gasteiger partial charge < -0.3 is 14.2 Å². The first-order chi connectivity index (χ1) is 11.7. The van der Waals surface area contributed by atoms with E-state index in [2.05, 4.69) is 15.5 Å². The van der Waals surface area contributed by atoms with E-state index in [1.165, 1.54) is 6.39 Å². The Bertz CT molecular complexity index is 1020. The molecule has 0 radical (unpaired) electrons. The number of anilines is 1. The zero-order chi connectivity index (χ0) is 16.5. The van der Waals surface area contributed by atoms with Gasteiger partial charge in [-0.15, -0.1) is 10.2 Å². The average Bonchev–Trinajstić information content (AvgIpc) is 3.24. The van der Waals surface area contributed by atoms with Gasteiger partial charge in [-0.2, -0.15) is 0 Å². The number of nitrogens with zero attached hydrogens (tertiary/aromatic N) is 2. The van der Waals surface area contributed by atoms with Gasteiger partial charge in [-0.3, -0.25) is 4.79 Å². The summed E-state index contributed by atoms with van der Waals surface area (Å²) in [5, 5.41) is 11.6. The van der Waals surface area contributed by atoms with E-state index >= 15 is 0 Å². The summed E-state index contributed by atoms with van der Waals surface area (Å²) < 4.78 is 10.7. The van der Waals surface area contributed by atoms with Crippen LogP contribution in [0.2, 0.25) is 5.02 Å². The van der Waals surface area contributed by atoms with Crippen LogP contribution in [-0.2, 0) is 0 Å². The molecule has 0 spiro atoms. The lowest BCUT2D eigenvalue weighted by molar-refractivity contribution is 0.0998. The molecule has 1 amide bonds. The molecule has 0 saturated carbocycles. The minimum absolute atomic E-state index is 0.204. The van der Waals surface area contributed by atoms with Crippen molar-refractivity contribution < 1.29 is 13.6 Å². The summed E-state index contributed by atoms with van der Waals surface area (Å²) in [7, 11) is 0. The van der Waals surface area contributed by atoms with Crippen molar-refractivity contribution in [3.05, 3.63) is 65.7 Å². The number of nitrogens with one attached hydrogen (secondary N) is 1. The molecule has 0 unspecified atom stereocenters. The van der Waals surface area contributed by atoms with E-state index in [1.54, 1.807) is 42.5 Å². The standard InChI is InChI=1S/C17H10ClN3O3/c18-12-4-5-14-11(6-12)8-15(24-14)16(22)20-13-3-1-2-10(7-13)17-21-19-9-23-17/h1-9H,(H,20,22). The highest BCUT2D eigenvalue weighted by atomic mass is 35.5. The number of carbonyl (C=O) groups excluding carboxylic acids is 1. The second kappa shape index (κ2) is 5.82. The van der Waals surface area contributed by atoms with Crippen molar-refractivity contribution >= 4 is 34.2 Å². The van der Waals surface area contributed by atoms with Crippen LogP contribution in [-0.4, -0.2) is 16.1 Å². The lowest BCUT2D eigenvalue weighted by Gasteiger charge is -2.04. The Hall–Kier alpha value is -3.12. The smallest absolute Gasteiger partial charge is 0.291 e. The van der Waals surface area contributed by atoms with E-state index in [-0.39, 0.29) is 11.7 Å². The summed E-state index contributed by atoms with van der Waals surface area (Å²) in [6.45, 7) is 0. The number of halogens is 1. The summed E-state index contributed by atoms with van der Waals surface area (Å²) in [6, 6.07) is 13.9. The largest absolute Gasteiger partial charge is 0.451 e. The molecule has 0 aliphatic carbocycles. The predicted octanol–water partition coefficient (Wildman–Crippen LogP) is 4.39. The predicted molar refractivity (Wildman–Crippen MR) is 88.9 cm³/mol. The number of rotatable bonds is 3. The van der Waals surface area contributed by atoms with Crippen molar-refractivity contribution in [2.24, 2.45) is 0 Å². The van der Waals surface area contributed by atoms with Crippen LogP contribution in [0.5, 0.6) is 0 Å². The maximum Gasteiger partial charge on any atom is 0.291 e. The zero-order valence-electron chi connectivity index (χ0n) is 12.2. The van der Waals surface area contributed by atoms with Gasteiger partial charge in [-0.25, -0.2) is 0 Å². The Labute approximate surface area is 141 Å². The fraction of sp³-hybridized carbons (Fsp3) is 0. The van der Waals surface area contributed by atoms with E-state index in [9.17, 15) is 4.79 Å². The third-order valence-corrected chi connectivity index (χ3v) is 3.66. The Morgan fingerprint density at radius 1 is 1.12 bits per heavy atom. The van der Waals surface area contributed by atoms with Crippen molar-refractivity contribution in [3.8, 4) is 11.5 Å². The highest BCUT2D eigenvalue weighted by molar-refractivity contribution is 6.31. The number of carbonyl (C=O) groups is 1. The maximum atomic E-state index is 12.4. The first-order valence-electron chi connectivity index (χ1n) is 7.06. The van der Waals surface area contributed by atoms with Crippen LogP contribution in [0.25, 0.3) is 22.4 Å². The molecule has 4 rings (SSSR count). The third-order valence-electron chi connectivity index (χ3n) is 3.43. The Kier molecular flexibility index (Phi) is 3.51. The van der Waals surface area contributed by atoms with E-state index < -0.39 is 0 Å². The van der Waals surface area contributed by atoms with Crippen molar-refractivity contribution in [2.75, 3.05) is 5.32 Å². The van der Waals surface area contributed by atoms with E-state index in [0.29, 0.717) is 27.7 Å². The fourth-order valence-electron chi connectivity index (χ4n) is 2.35. The van der Waals surface area contributed by atoms with Crippen molar-refractivity contribution in [1.29, 1.82) is 0 Å². The number of furan rings is 1. The lowest BCUT2D eigenvalue weighted by Crippen LogP contribution is -2.10. The Morgan fingerprint density at radius 2 is 2.04 bits per heavy atom. The van der Waals surface area contributed by atoms with E-state index in [4.69, 9.17) is 20.4 Å². The molecular formula is C17H10ClN3O3.